The Kier molecular flexibility index (Phi) is 6.35. The highest BCUT2D eigenvalue weighted by atomic mass is 35.5. The van der Waals surface area contributed by atoms with E-state index in [4.69, 9.17) is 9.47 Å². The van der Waals surface area contributed by atoms with Crippen LogP contribution in [0.25, 0.3) is 6.08 Å². The number of amides is 1. The molecular weight excluding hydrogens is 280 g/mol. The van der Waals surface area contributed by atoms with E-state index < -0.39 is 0 Å². The summed E-state index contributed by atoms with van der Waals surface area (Å²) >= 11 is 0. The third kappa shape index (κ3) is 3.65. The molecule has 0 saturated carbocycles. The van der Waals surface area contributed by atoms with Gasteiger partial charge in [0.25, 0.3) is 5.91 Å². The summed E-state index contributed by atoms with van der Waals surface area (Å²) in [6.07, 6.45) is 1.84. The lowest BCUT2D eigenvalue weighted by Gasteiger charge is -2.19. The van der Waals surface area contributed by atoms with Gasteiger partial charge in [-0.15, -0.1) is 12.4 Å². The van der Waals surface area contributed by atoms with E-state index in [1.165, 1.54) is 0 Å². The van der Waals surface area contributed by atoms with Crippen molar-refractivity contribution in [3.05, 3.63) is 29.3 Å². The van der Waals surface area contributed by atoms with E-state index in [0.717, 1.165) is 12.1 Å². The van der Waals surface area contributed by atoms with Crippen LogP contribution in [0, 0.1) is 0 Å². The number of halogens is 1. The second kappa shape index (κ2) is 7.77. The van der Waals surface area contributed by atoms with E-state index >= 15 is 0 Å². The lowest BCUT2D eigenvalue weighted by molar-refractivity contribution is -0.117. The minimum absolute atomic E-state index is 0. The lowest BCUT2D eigenvalue weighted by Crippen LogP contribution is -2.33. The van der Waals surface area contributed by atoms with Crippen LogP contribution in [-0.4, -0.2) is 39.8 Å². The summed E-state index contributed by atoms with van der Waals surface area (Å²) < 4.78 is 10.8. The first-order chi connectivity index (χ1) is 9.26. The molecule has 1 amide bonds. The molecule has 0 aliphatic carbocycles. The minimum Gasteiger partial charge on any atom is -0.493 e. The molecule has 0 saturated heterocycles. The maximum absolute atomic E-state index is 11.9. The second-order valence-corrected chi connectivity index (χ2v) is 4.20. The van der Waals surface area contributed by atoms with Crippen molar-refractivity contribution >= 4 is 24.4 Å². The number of methoxy groups -OCH3 is 1. The Balaban J connectivity index is 0.00000200. The van der Waals surface area contributed by atoms with Crippen molar-refractivity contribution in [3.63, 3.8) is 0 Å². The quantitative estimate of drug-likeness (QED) is 0.803. The van der Waals surface area contributed by atoms with Gasteiger partial charge in [0.15, 0.2) is 11.5 Å². The van der Waals surface area contributed by atoms with Gasteiger partial charge in [0.05, 0.1) is 12.7 Å². The van der Waals surface area contributed by atoms with Crippen molar-refractivity contribution in [1.82, 2.24) is 10.6 Å². The number of hydrogen-bond acceptors (Lipinski definition) is 4. The van der Waals surface area contributed by atoms with Gasteiger partial charge in [-0.3, -0.25) is 4.79 Å². The van der Waals surface area contributed by atoms with Crippen LogP contribution in [0.2, 0.25) is 0 Å². The van der Waals surface area contributed by atoms with E-state index in [1.807, 2.05) is 31.3 Å². The largest absolute Gasteiger partial charge is 0.493 e. The average molecular weight is 299 g/mol. The highest BCUT2D eigenvalue weighted by Gasteiger charge is 2.19. The Bertz CT molecular complexity index is 503. The van der Waals surface area contributed by atoms with Crippen molar-refractivity contribution in [2.24, 2.45) is 0 Å². The van der Waals surface area contributed by atoms with Gasteiger partial charge in [-0.1, -0.05) is 12.1 Å². The Morgan fingerprint density at radius 1 is 1.40 bits per heavy atom. The molecule has 1 aromatic rings. The molecule has 0 fully saturated rings. The number of para-hydroxylation sites is 1. The molecule has 0 aromatic heterocycles. The molecule has 20 heavy (non-hydrogen) atoms. The fraction of sp³-hybridized carbons (Fsp3) is 0.357. The maximum Gasteiger partial charge on any atom is 0.250 e. The van der Waals surface area contributed by atoms with Gasteiger partial charge < -0.3 is 20.1 Å². The smallest absolute Gasteiger partial charge is 0.250 e. The highest BCUT2D eigenvalue weighted by molar-refractivity contribution is 5.99. The zero-order valence-electron chi connectivity index (χ0n) is 11.6. The van der Waals surface area contributed by atoms with E-state index in [9.17, 15) is 4.79 Å². The molecule has 2 rings (SSSR count). The standard InChI is InChI=1S/C14H18N2O3.ClH/c1-15-6-7-16-14(17)11-8-10-4-3-5-12(18-2)13(10)19-9-11;/h3-5,8,15H,6-7,9H2,1-2H3,(H,16,17);1H. The van der Waals surface area contributed by atoms with Crippen LogP contribution in [0.3, 0.4) is 0 Å². The number of rotatable bonds is 5. The molecule has 6 heteroatoms. The average Bonchev–Trinajstić information content (AvgIpc) is 2.46. The van der Waals surface area contributed by atoms with E-state index in [1.54, 1.807) is 7.11 Å². The van der Waals surface area contributed by atoms with Gasteiger partial charge in [0, 0.05) is 18.7 Å². The summed E-state index contributed by atoms with van der Waals surface area (Å²) in [7, 11) is 3.44. The summed E-state index contributed by atoms with van der Waals surface area (Å²) in [5, 5.41) is 5.81. The van der Waals surface area contributed by atoms with Crippen molar-refractivity contribution < 1.29 is 14.3 Å². The zero-order chi connectivity index (χ0) is 13.7. The third-order valence-electron chi connectivity index (χ3n) is 2.88. The second-order valence-electron chi connectivity index (χ2n) is 4.20. The summed E-state index contributed by atoms with van der Waals surface area (Å²) in [6.45, 7) is 1.60. The molecule has 0 unspecified atom stereocenters. The summed E-state index contributed by atoms with van der Waals surface area (Å²) in [5.74, 6) is 1.28. The Morgan fingerprint density at radius 2 is 2.20 bits per heavy atom. The van der Waals surface area contributed by atoms with E-state index in [0.29, 0.717) is 23.6 Å². The van der Waals surface area contributed by atoms with Gasteiger partial charge in [-0.05, 0) is 19.2 Å². The van der Waals surface area contributed by atoms with Gasteiger partial charge in [0.1, 0.15) is 6.61 Å². The zero-order valence-corrected chi connectivity index (χ0v) is 12.4. The van der Waals surface area contributed by atoms with Crippen LogP contribution < -0.4 is 20.1 Å². The van der Waals surface area contributed by atoms with Crippen LogP contribution in [0.4, 0.5) is 0 Å². The first-order valence-corrected chi connectivity index (χ1v) is 6.19. The number of carbonyl (C=O) groups is 1. The van der Waals surface area contributed by atoms with Crippen LogP contribution in [-0.2, 0) is 4.79 Å². The SMILES string of the molecule is CNCCNC(=O)C1=Cc2cccc(OC)c2OC1.Cl. The van der Waals surface area contributed by atoms with Crippen LogP contribution >= 0.6 is 12.4 Å². The number of fused-ring (bicyclic) bond motifs is 1. The molecule has 0 atom stereocenters. The lowest BCUT2D eigenvalue weighted by atomic mass is 10.1. The number of nitrogens with one attached hydrogen (secondary N) is 2. The molecule has 0 bridgehead atoms. The van der Waals surface area contributed by atoms with Gasteiger partial charge >= 0.3 is 0 Å². The summed E-state index contributed by atoms with van der Waals surface area (Å²) in [6, 6.07) is 5.61. The number of ether oxygens (including phenoxy) is 2. The Labute approximate surface area is 124 Å². The molecular formula is C14H19ClN2O3. The summed E-state index contributed by atoms with van der Waals surface area (Å²) in [4.78, 5) is 11.9. The number of hydrogen-bond donors (Lipinski definition) is 2. The predicted octanol–water partition coefficient (Wildman–Crippen LogP) is 1.23. The Hall–Kier alpha value is -1.72. The van der Waals surface area contributed by atoms with Crippen LogP contribution in [0.5, 0.6) is 11.5 Å². The Morgan fingerprint density at radius 3 is 2.90 bits per heavy atom. The fourth-order valence-corrected chi connectivity index (χ4v) is 1.89. The van der Waals surface area contributed by atoms with Crippen molar-refractivity contribution in [1.29, 1.82) is 0 Å². The number of likely N-dealkylation sites (N-methyl/N-ethyl adjacent to an activating group) is 1. The number of benzene rings is 1. The maximum atomic E-state index is 11.9. The van der Waals surface area contributed by atoms with E-state index in [2.05, 4.69) is 10.6 Å². The molecule has 1 aliphatic rings. The van der Waals surface area contributed by atoms with Crippen LogP contribution in [0.1, 0.15) is 5.56 Å². The molecule has 2 N–H and O–H groups in total. The molecule has 110 valence electrons. The van der Waals surface area contributed by atoms with Gasteiger partial charge in [0.2, 0.25) is 0 Å². The topological polar surface area (TPSA) is 59.6 Å². The highest BCUT2D eigenvalue weighted by Crippen LogP contribution is 2.35. The predicted molar refractivity (Wildman–Crippen MR) is 80.7 cm³/mol. The first kappa shape index (κ1) is 16.3. The molecule has 0 radical (unpaired) electrons. The normalized spacial score (nSPS) is 12.4. The van der Waals surface area contributed by atoms with Crippen molar-refractivity contribution in [2.75, 3.05) is 33.9 Å². The molecule has 5 nitrogen and oxygen atoms in total. The van der Waals surface area contributed by atoms with Crippen molar-refractivity contribution in [2.45, 2.75) is 0 Å². The minimum atomic E-state index is -0.0938. The third-order valence-corrected chi connectivity index (χ3v) is 2.88. The van der Waals surface area contributed by atoms with Gasteiger partial charge in [-0.2, -0.15) is 0 Å². The number of carbonyl (C=O) groups excluding carboxylic acids is 1. The first-order valence-electron chi connectivity index (χ1n) is 6.19. The van der Waals surface area contributed by atoms with Gasteiger partial charge in [-0.25, -0.2) is 0 Å². The van der Waals surface area contributed by atoms with Crippen molar-refractivity contribution in [3.8, 4) is 11.5 Å². The fourth-order valence-electron chi connectivity index (χ4n) is 1.89. The molecule has 1 heterocycles. The summed E-state index contributed by atoms with van der Waals surface area (Å²) in [5.41, 5.74) is 1.49. The monoisotopic (exact) mass is 298 g/mol. The molecule has 1 aliphatic heterocycles. The van der Waals surface area contributed by atoms with E-state index in [-0.39, 0.29) is 24.9 Å². The molecule has 0 spiro atoms. The van der Waals surface area contributed by atoms with Crippen LogP contribution in [0.15, 0.2) is 23.8 Å². The molecule has 1 aromatic carbocycles.